The van der Waals surface area contributed by atoms with Crippen molar-refractivity contribution >= 4 is 17.5 Å². The lowest BCUT2D eigenvalue weighted by molar-refractivity contribution is -0.132. The van der Waals surface area contributed by atoms with Gasteiger partial charge < -0.3 is 15.3 Å². The molecule has 0 spiro atoms. The summed E-state index contributed by atoms with van der Waals surface area (Å²) < 4.78 is 0. The number of carbonyl (C=O) groups is 1. The first-order chi connectivity index (χ1) is 9.49. The molecule has 2 atom stereocenters. The summed E-state index contributed by atoms with van der Waals surface area (Å²) in [6.07, 6.45) is -0.654. The number of halogens is 1. The molecular formula is C15H23ClN2O2. The molecule has 0 saturated heterocycles. The minimum absolute atomic E-state index is 0.0540. The number of likely N-dealkylation sites (N-methyl/N-ethyl adjacent to an activating group) is 1. The molecule has 0 aromatic heterocycles. The van der Waals surface area contributed by atoms with Crippen molar-refractivity contribution in [3.05, 3.63) is 34.9 Å². The summed E-state index contributed by atoms with van der Waals surface area (Å²) in [6.45, 7) is 7.45. The summed E-state index contributed by atoms with van der Waals surface area (Å²) >= 11 is 5.80. The molecule has 0 aliphatic heterocycles. The van der Waals surface area contributed by atoms with Gasteiger partial charge in [-0.2, -0.15) is 0 Å². The number of amides is 1. The summed E-state index contributed by atoms with van der Waals surface area (Å²) in [5.74, 6) is 0.0540. The van der Waals surface area contributed by atoms with Crippen LogP contribution in [0.25, 0.3) is 0 Å². The Bertz CT molecular complexity index is 418. The van der Waals surface area contributed by atoms with Crippen molar-refractivity contribution in [2.24, 2.45) is 0 Å². The van der Waals surface area contributed by atoms with Crippen molar-refractivity contribution < 1.29 is 9.90 Å². The fourth-order valence-electron chi connectivity index (χ4n) is 1.99. The van der Waals surface area contributed by atoms with Crippen LogP contribution in [0, 0.1) is 0 Å². The highest BCUT2D eigenvalue weighted by Gasteiger charge is 2.18. The van der Waals surface area contributed by atoms with Gasteiger partial charge in [0.05, 0.1) is 12.1 Å². The molecule has 1 amide bonds. The number of rotatable bonds is 7. The predicted molar refractivity (Wildman–Crippen MR) is 81.8 cm³/mol. The first-order valence-corrected chi connectivity index (χ1v) is 7.33. The summed E-state index contributed by atoms with van der Waals surface area (Å²) in [7, 11) is 0. The van der Waals surface area contributed by atoms with Crippen molar-refractivity contribution in [1.29, 1.82) is 0 Å². The molecule has 2 unspecified atom stereocenters. The molecule has 2 N–H and O–H groups in total. The van der Waals surface area contributed by atoms with Crippen molar-refractivity contribution in [3.63, 3.8) is 0 Å². The average Bonchev–Trinajstić information content (AvgIpc) is 2.46. The highest BCUT2D eigenvalue weighted by molar-refractivity contribution is 6.30. The minimum Gasteiger partial charge on any atom is -0.387 e. The zero-order valence-electron chi connectivity index (χ0n) is 12.3. The topological polar surface area (TPSA) is 52.6 Å². The second-order valence-corrected chi connectivity index (χ2v) is 5.14. The van der Waals surface area contributed by atoms with Crippen LogP contribution in [0.3, 0.4) is 0 Å². The van der Waals surface area contributed by atoms with Gasteiger partial charge in [0.25, 0.3) is 0 Å². The van der Waals surface area contributed by atoms with Gasteiger partial charge in [-0.15, -0.1) is 0 Å². The van der Waals surface area contributed by atoms with Crippen LogP contribution in [0.1, 0.15) is 32.4 Å². The van der Waals surface area contributed by atoms with E-state index >= 15 is 0 Å². The lowest BCUT2D eigenvalue weighted by Gasteiger charge is -2.24. The van der Waals surface area contributed by atoms with Crippen molar-refractivity contribution in [1.82, 2.24) is 10.2 Å². The Balaban J connectivity index is 2.49. The molecular weight excluding hydrogens is 276 g/mol. The number of nitrogens with one attached hydrogen (secondary N) is 1. The predicted octanol–water partition coefficient (Wildman–Crippen LogP) is 2.22. The van der Waals surface area contributed by atoms with Crippen LogP contribution in [0.5, 0.6) is 0 Å². The van der Waals surface area contributed by atoms with E-state index in [4.69, 9.17) is 11.6 Å². The fourth-order valence-corrected chi connectivity index (χ4v) is 2.11. The van der Waals surface area contributed by atoms with E-state index in [2.05, 4.69) is 5.32 Å². The second-order valence-electron chi connectivity index (χ2n) is 4.71. The molecule has 0 saturated carbocycles. The molecule has 0 aliphatic rings. The Hall–Kier alpha value is -1.10. The van der Waals surface area contributed by atoms with Gasteiger partial charge in [0.15, 0.2) is 0 Å². The van der Waals surface area contributed by atoms with E-state index in [1.165, 1.54) is 0 Å². The molecule has 0 radical (unpaired) electrons. The molecule has 1 aromatic carbocycles. The van der Waals surface area contributed by atoms with Crippen molar-refractivity contribution in [3.8, 4) is 0 Å². The number of hydrogen-bond donors (Lipinski definition) is 2. The third-order valence-electron chi connectivity index (χ3n) is 3.32. The largest absolute Gasteiger partial charge is 0.387 e. The zero-order valence-corrected chi connectivity index (χ0v) is 13.0. The van der Waals surface area contributed by atoms with Gasteiger partial charge in [-0.25, -0.2) is 0 Å². The molecule has 0 aliphatic carbocycles. The Morgan fingerprint density at radius 3 is 2.35 bits per heavy atom. The van der Waals surface area contributed by atoms with Crippen LogP contribution < -0.4 is 5.32 Å². The molecule has 0 heterocycles. The number of hydrogen-bond acceptors (Lipinski definition) is 3. The monoisotopic (exact) mass is 298 g/mol. The van der Waals surface area contributed by atoms with Crippen LogP contribution >= 0.6 is 11.6 Å². The summed E-state index contributed by atoms with van der Waals surface area (Å²) in [5, 5.41) is 13.8. The molecule has 1 rings (SSSR count). The summed E-state index contributed by atoms with van der Waals surface area (Å²) in [6, 6.07) is 6.74. The lowest BCUT2D eigenvalue weighted by Crippen LogP contribution is -2.45. The molecule has 112 valence electrons. The third kappa shape index (κ3) is 4.78. The van der Waals surface area contributed by atoms with Gasteiger partial charge in [-0.05, 0) is 38.5 Å². The van der Waals surface area contributed by atoms with E-state index in [-0.39, 0.29) is 11.9 Å². The van der Waals surface area contributed by atoms with Crippen LogP contribution in [0.2, 0.25) is 5.02 Å². The molecule has 4 nitrogen and oxygen atoms in total. The average molecular weight is 299 g/mol. The molecule has 1 aromatic rings. The Labute approximate surface area is 125 Å². The quantitative estimate of drug-likeness (QED) is 0.811. The molecule has 20 heavy (non-hydrogen) atoms. The van der Waals surface area contributed by atoms with E-state index < -0.39 is 6.10 Å². The smallest absolute Gasteiger partial charge is 0.239 e. The Kier molecular flexibility index (Phi) is 6.99. The second kappa shape index (κ2) is 8.25. The maximum absolute atomic E-state index is 12.1. The summed E-state index contributed by atoms with van der Waals surface area (Å²) in [4.78, 5) is 13.8. The molecule has 5 heteroatoms. The maximum atomic E-state index is 12.1. The SMILES string of the molecule is CCN(CC)C(=O)C(C)NCC(O)c1ccc(Cl)cc1. The van der Waals surface area contributed by atoms with E-state index in [1.54, 1.807) is 29.2 Å². The van der Waals surface area contributed by atoms with Crippen LogP contribution in [-0.4, -0.2) is 41.6 Å². The molecule has 0 bridgehead atoms. The van der Waals surface area contributed by atoms with E-state index in [9.17, 15) is 9.90 Å². The standard InChI is InChI=1S/C15H23ClN2O2/c1-4-18(5-2)15(20)11(3)17-10-14(19)12-6-8-13(16)9-7-12/h6-9,11,14,17,19H,4-5,10H2,1-3H3. The van der Waals surface area contributed by atoms with Crippen LogP contribution in [-0.2, 0) is 4.79 Å². The number of aliphatic hydroxyl groups is 1. The minimum atomic E-state index is -0.654. The highest BCUT2D eigenvalue weighted by Crippen LogP contribution is 2.15. The number of carbonyl (C=O) groups excluding carboxylic acids is 1. The zero-order chi connectivity index (χ0) is 15.1. The van der Waals surface area contributed by atoms with Gasteiger partial charge in [0, 0.05) is 24.7 Å². The van der Waals surface area contributed by atoms with Gasteiger partial charge >= 0.3 is 0 Å². The third-order valence-corrected chi connectivity index (χ3v) is 3.57. The van der Waals surface area contributed by atoms with Gasteiger partial charge in [0.1, 0.15) is 0 Å². The van der Waals surface area contributed by atoms with E-state index in [1.807, 2.05) is 20.8 Å². The van der Waals surface area contributed by atoms with Crippen LogP contribution in [0.4, 0.5) is 0 Å². The fraction of sp³-hybridized carbons (Fsp3) is 0.533. The maximum Gasteiger partial charge on any atom is 0.239 e. The molecule has 0 fully saturated rings. The first kappa shape index (κ1) is 17.0. The summed E-state index contributed by atoms with van der Waals surface area (Å²) in [5.41, 5.74) is 0.782. The number of nitrogens with zero attached hydrogens (tertiary/aromatic N) is 1. The van der Waals surface area contributed by atoms with Gasteiger partial charge in [-0.3, -0.25) is 4.79 Å². The normalized spacial score (nSPS) is 13.8. The van der Waals surface area contributed by atoms with Gasteiger partial charge in [0.2, 0.25) is 5.91 Å². The number of aliphatic hydroxyl groups excluding tert-OH is 1. The lowest BCUT2D eigenvalue weighted by atomic mass is 10.1. The van der Waals surface area contributed by atoms with E-state index in [0.717, 1.165) is 5.56 Å². The number of benzene rings is 1. The Morgan fingerprint density at radius 1 is 1.30 bits per heavy atom. The first-order valence-electron chi connectivity index (χ1n) is 6.95. The van der Waals surface area contributed by atoms with Crippen LogP contribution in [0.15, 0.2) is 24.3 Å². The van der Waals surface area contributed by atoms with Crippen molar-refractivity contribution in [2.45, 2.75) is 32.9 Å². The highest BCUT2D eigenvalue weighted by atomic mass is 35.5. The van der Waals surface area contributed by atoms with Crippen molar-refractivity contribution in [2.75, 3.05) is 19.6 Å². The van der Waals surface area contributed by atoms with E-state index in [0.29, 0.717) is 24.7 Å². The van der Waals surface area contributed by atoms with Gasteiger partial charge in [-0.1, -0.05) is 23.7 Å². The Morgan fingerprint density at radius 2 is 1.85 bits per heavy atom.